The van der Waals surface area contributed by atoms with Crippen molar-refractivity contribution in [2.75, 3.05) is 5.32 Å². The van der Waals surface area contributed by atoms with E-state index < -0.39 is 11.9 Å². The first kappa shape index (κ1) is 12.8. The molecule has 2 aromatic rings. The molecule has 2 N–H and O–H groups in total. The van der Waals surface area contributed by atoms with Gasteiger partial charge in [0.25, 0.3) is 5.91 Å². The highest BCUT2D eigenvalue weighted by molar-refractivity contribution is 6.10. The van der Waals surface area contributed by atoms with Gasteiger partial charge in [0, 0.05) is 5.69 Å². The van der Waals surface area contributed by atoms with Gasteiger partial charge in [0.05, 0.1) is 11.1 Å². The summed E-state index contributed by atoms with van der Waals surface area (Å²) in [6, 6.07) is 13.6. The Hall–Kier alpha value is -2.62. The number of amides is 1. The molecule has 0 spiro atoms. The Bertz CT molecular complexity index is 621. The van der Waals surface area contributed by atoms with Gasteiger partial charge in [-0.25, -0.2) is 4.79 Å². The van der Waals surface area contributed by atoms with E-state index in [-0.39, 0.29) is 11.1 Å². The maximum Gasteiger partial charge on any atom is 0.336 e. The topological polar surface area (TPSA) is 66.4 Å². The van der Waals surface area contributed by atoms with Crippen LogP contribution >= 0.6 is 0 Å². The lowest BCUT2D eigenvalue weighted by molar-refractivity contribution is 0.0692. The first-order valence-electron chi connectivity index (χ1n) is 5.78. The first-order chi connectivity index (χ1) is 9.08. The molecule has 2 aromatic carbocycles. The van der Waals surface area contributed by atoms with Crippen LogP contribution in [0.25, 0.3) is 0 Å². The zero-order chi connectivity index (χ0) is 13.8. The fourth-order valence-electron chi connectivity index (χ4n) is 1.75. The summed E-state index contributed by atoms with van der Waals surface area (Å²) in [6.07, 6.45) is 0. The molecule has 19 heavy (non-hydrogen) atoms. The summed E-state index contributed by atoms with van der Waals surface area (Å²) >= 11 is 0. The maximum absolute atomic E-state index is 12.1. The van der Waals surface area contributed by atoms with Crippen LogP contribution in [-0.4, -0.2) is 17.0 Å². The predicted molar refractivity (Wildman–Crippen MR) is 72.5 cm³/mol. The molecule has 0 aliphatic carbocycles. The highest BCUT2D eigenvalue weighted by Crippen LogP contribution is 2.15. The number of aromatic carboxylic acids is 1. The number of para-hydroxylation sites is 1. The second-order valence-corrected chi connectivity index (χ2v) is 4.17. The number of nitrogens with one attached hydrogen (secondary N) is 1. The van der Waals surface area contributed by atoms with E-state index >= 15 is 0 Å². The summed E-state index contributed by atoms with van der Waals surface area (Å²) in [5.41, 5.74) is 1.63. The summed E-state index contributed by atoms with van der Waals surface area (Å²) in [6.45, 7) is 1.81. The molecular weight excluding hydrogens is 242 g/mol. The Kier molecular flexibility index (Phi) is 3.61. The fraction of sp³-hybridized carbons (Fsp3) is 0.0667. The van der Waals surface area contributed by atoms with Crippen molar-refractivity contribution in [1.29, 1.82) is 0 Å². The molecule has 0 saturated heterocycles. The third-order valence-electron chi connectivity index (χ3n) is 2.68. The Balaban J connectivity index is 2.33. The second kappa shape index (κ2) is 5.35. The van der Waals surface area contributed by atoms with Crippen molar-refractivity contribution in [2.45, 2.75) is 6.92 Å². The van der Waals surface area contributed by atoms with E-state index in [9.17, 15) is 9.59 Å². The average Bonchev–Trinajstić information content (AvgIpc) is 2.39. The molecule has 4 heteroatoms. The van der Waals surface area contributed by atoms with Crippen LogP contribution in [0.4, 0.5) is 5.69 Å². The molecule has 0 aliphatic rings. The lowest BCUT2D eigenvalue weighted by Gasteiger charge is -2.08. The SMILES string of the molecule is Cc1ccc(C(=O)O)c(C(=O)Nc2ccccc2)c1. The molecule has 0 heterocycles. The van der Waals surface area contributed by atoms with Gasteiger partial charge >= 0.3 is 5.97 Å². The van der Waals surface area contributed by atoms with Crippen molar-refractivity contribution < 1.29 is 14.7 Å². The summed E-state index contributed by atoms with van der Waals surface area (Å²) in [5, 5.41) is 11.8. The van der Waals surface area contributed by atoms with Crippen LogP contribution in [0, 0.1) is 6.92 Å². The lowest BCUT2D eigenvalue weighted by atomic mass is 10.0. The normalized spacial score (nSPS) is 9.95. The van der Waals surface area contributed by atoms with Crippen LogP contribution in [0.2, 0.25) is 0 Å². The largest absolute Gasteiger partial charge is 0.478 e. The minimum Gasteiger partial charge on any atom is -0.478 e. The van der Waals surface area contributed by atoms with Gasteiger partial charge in [0.15, 0.2) is 0 Å². The van der Waals surface area contributed by atoms with Crippen molar-refractivity contribution in [3.63, 3.8) is 0 Å². The molecule has 0 radical (unpaired) electrons. The van der Waals surface area contributed by atoms with E-state index in [1.165, 1.54) is 6.07 Å². The summed E-state index contributed by atoms with van der Waals surface area (Å²) < 4.78 is 0. The van der Waals surface area contributed by atoms with E-state index in [1.807, 2.05) is 13.0 Å². The number of anilines is 1. The molecule has 96 valence electrons. The van der Waals surface area contributed by atoms with Gasteiger partial charge in [0.2, 0.25) is 0 Å². The fourth-order valence-corrected chi connectivity index (χ4v) is 1.75. The van der Waals surface area contributed by atoms with Gasteiger partial charge in [-0.15, -0.1) is 0 Å². The number of carboxylic acids is 1. The van der Waals surface area contributed by atoms with Crippen LogP contribution in [0.15, 0.2) is 48.5 Å². The van der Waals surface area contributed by atoms with E-state index in [1.54, 1.807) is 36.4 Å². The van der Waals surface area contributed by atoms with E-state index in [4.69, 9.17) is 5.11 Å². The van der Waals surface area contributed by atoms with Gasteiger partial charge in [-0.1, -0.05) is 29.8 Å². The van der Waals surface area contributed by atoms with Crippen LogP contribution in [-0.2, 0) is 0 Å². The van der Waals surface area contributed by atoms with Gasteiger partial charge in [-0.3, -0.25) is 4.79 Å². The molecule has 0 bridgehead atoms. The molecular formula is C15H13NO3. The van der Waals surface area contributed by atoms with Crippen molar-refractivity contribution in [3.8, 4) is 0 Å². The number of rotatable bonds is 3. The molecule has 0 fully saturated rings. The highest BCUT2D eigenvalue weighted by Gasteiger charge is 2.16. The van der Waals surface area contributed by atoms with Gasteiger partial charge in [-0.2, -0.15) is 0 Å². The third kappa shape index (κ3) is 2.98. The van der Waals surface area contributed by atoms with Crippen molar-refractivity contribution in [3.05, 3.63) is 65.2 Å². The number of carbonyl (C=O) groups excluding carboxylic acids is 1. The van der Waals surface area contributed by atoms with E-state index in [0.717, 1.165) is 5.56 Å². The van der Waals surface area contributed by atoms with Crippen LogP contribution in [0.5, 0.6) is 0 Å². The molecule has 0 saturated carbocycles. The van der Waals surface area contributed by atoms with E-state index in [0.29, 0.717) is 5.69 Å². The standard InChI is InChI=1S/C15H13NO3/c1-10-7-8-12(15(18)19)13(9-10)14(17)16-11-5-3-2-4-6-11/h2-9H,1H3,(H,16,17)(H,18,19). The monoisotopic (exact) mass is 255 g/mol. The first-order valence-corrected chi connectivity index (χ1v) is 5.78. The maximum atomic E-state index is 12.1. The van der Waals surface area contributed by atoms with Crippen molar-refractivity contribution >= 4 is 17.6 Å². The van der Waals surface area contributed by atoms with Gasteiger partial charge in [0.1, 0.15) is 0 Å². The summed E-state index contributed by atoms with van der Waals surface area (Å²) in [4.78, 5) is 23.2. The summed E-state index contributed by atoms with van der Waals surface area (Å²) in [7, 11) is 0. The molecule has 0 aliphatic heterocycles. The lowest BCUT2D eigenvalue weighted by Crippen LogP contribution is -2.16. The Morgan fingerprint density at radius 2 is 1.68 bits per heavy atom. The zero-order valence-electron chi connectivity index (χ0n) is 10.4. The van der Waals surface area contributed by atoms with Crippen LogP contribution in [0.1, 0.15) is 26.3 Å². The zero-order valence-corrected chi connectivity index (χ0v) is 10.4. The Labute approximate surface area is 110 Å². The molecule has 0 aromatic heterocycles. The number of carboxylic acid groups (broad SMARTS) is 1. The van der Waals surface area contributed by atoms with Crippen molar-refractivity contribution in [1.82, 2.24) is 0 Å². The second-order valence-electron chi connectivity index (χ2n) is 4.17. The number of hydrogen-bond donors (Lipinski definition) is 2. The molecule has 1 amide bonds. The highest BCUT2D eigenvalue weighted by atomic mass is 16.4. The number of carbonyl (C=O) groups is 2. The van der Waals surface area contributed by atoms with Gasteiger partial charge in [-0.05, 0) is 31.2 Å². The molecule has 0 unspecified atom stereocenters. The number of aryl methyl sites for hydroxylation is 1. The third-order valence-corrected chi connectivity index (χ3v) is 2.68. The quantitative estimate of drug-likeness (QED) is 0.886. The number of hydrogen-bond acceptors (Lipinski definition) is 2. The number of benzene rings is 2. The predicted octanol–water partition coefficient (Wildman–Crippen LogP) is 2.95. The Morgan fingerprint density at radius 3 is 2.32 bits per heavy atom. The minimum atomic E-state index is -1.11. The Morgan fingerprint density at radius 1 is 1.00 bits per heavy atom. The van der Waals surface area contributed by atoms with Crippen molar-refractivity contribution in [2.24, 2.45) is 0 Å². The minimum absolute atomic E-state index is 0.000897. The summed E-state index contributed by atoms with van der Waals surface area (Å²) in [5.74, 6) is -1.54. The van der Waals surface area contributed by atoms with Gasteiger partial charge < -0.3 is 10.4 Å². The average molecular weight is 255 g/mol. The smallest absolute Gasteiger partial charge is 0.336 e. The molecule has 4 nitrogen and oxygen atoms in total. The van der Waals surface area contributed by atoms with Crippen LogP contribution < -0.4 is 5.32 Å². The van der Waals surface area contributed by atoms with Crippen LogP contribution in [0.3, 0.4) is 0 Å². The van der Waals surface area contributed by atoms with E-state index in [2.05, 4.69) is 5.32 Å². The molecule has 0 atom stereocenters. The molecule has 2 rings (SSSR count).